The van der Waals surface area contributed by atoms with Gasteiger partial charge in [-0.1, -0.05) is 30.3 Å². The molecule has 4 heterocycles. The second kappa shape index (κ2) is 12.2. The minimum atomic E-state index is -0.544. The number of hydrogen-bond acceptors (Lipinski definition) is 9. The van der Waals surface area contributed by atoms with Gasteiger partial charge in [-0.15, -0.1) is 11.3 Å². The lowest BCUT2D eigenvalue weighted by molar-refractivity contribution is -0.123. The number of hydrogen-bond donors (Lipinski definition) is 1. The summed E-state index contributed by atoms with van der Waals surface area (Å²) in [4.78, 5) is 45.6. The molecule has 11 heteroatoms. The summed E-state index contributed by atoms with van der Waals surface area (Å²) in [5.41, 5.74) is 2.06. The number of benzene rings is 3. The summed E-state index contributed by atoms with van der Waals surface area (Å²) in [6, 6.07) is 19.7. The molecular formula is C38H40N4O6S. The number of morpholine rings is 1. The quantitative estimate of drug-likeness (QED) is 0.219. The number of nitrogens with zero attached hydrogens (tertiary/aromatic N) is 3. The Balaban J connectivity index is 1.06. The SMILES string of the molecule is CC(C)(C)OC(=O)N1CCN(C2(C(=O)Nc3ccc4sc5c(-c6cccc7c(=O)cc(N8CCOCC8)oc67)cccc5c4c3)CC2)CC1. The third-order valence-electron chi connectivity index (χ3n) is 9.79. The van der Waals surface area contributed by atoms with Gasteiger partial charge in [0, 0.05) is 82.3 Å². The second-order valence-corrected chi connectivity index (χ2v) is 15.2. The summed E-state index contributed by atoms with van der Waals surface area (Å²) in [5.74, 6) is 0.565. The maximum absolute atomic E-state index is 13.8. The normalized spacial score (nSPS) is 18.3. The van der Waals surface area contributed by atoms with Gasteiger partial charge in [-0.25, -0.2) is 4.79 Å². The molecule has 1 saturated carbocycles. The van der Waals surface area contributed by atoms with Gasteiger partial charge in [-0.3, -0.25) is 14.5 Å². The van der Waals surface area contributed by atoms with Gasteiger partial charge in [0.25, 0.3) is 0 Å². The second-order valence-electron chi connectivity index (χ2n) is 14.2. The molecule has 254 valence electrons. The van der Waals surface area contributed by atoms with Gasteiger partial charge in [0.1, 0.15) is 16.7 Å². The van der Waals surface area contributed by atoms with E-state index in [4.69, 9.17) is 13.9 Å². The van der Waals surface area contributed by atoms with E-state index in [0.717, 1.165) is 49.8 Å². The maximum Gasteiger partial charge on any atom is 0.410 e. The molecule has 2 aliphatic heterocycles. The smallest absolute Gasteiger partial charge is 0.410 e. The number of rotatable bonds is 5. The molecule has 0 bridgehead atoms. The molecule has 0 atom stereocenters. The minimum Gasteiger partial charge on any atom is -0.444 e. The fourth-order valence-corrected chi connectivity index (χ4v) is 8.31. The van der Waals surface area contributed by atoms with Gasteiger partial charge in [0.2, 0.25) is 5.91 Å². The predicted octanol–water partition coefficient (Wildman–Crippen LogP) is 6.69. The average molecular weight is 681 g/mol. The first-order valence-corrected chi connectivity index (χ1v) is 17.8. The average Bonchev–Trinajstić information content (AvgIpc) is 3.83. The minimum absolute atomic E-state index is 0.000325. The number of para-hydroxylation sites is 1. The van der Waals surface area contributed by atoms with Crippen LogP contribution in [0.15, 0.2) is 69.9 Å². The standard InChI is InChI=1S/C38H40N4O6S/c1-37(2,3)48-36(45)41-14-16-42(17-15-41)38(12-13-38)35(44)39-24-10-11-31-29(22-24)27-8-5-7-26(34(27)49-31)25-6-4-9-28-30(43)23-32(47-33(25)28)40-18-20-46-21-19-40/h4-11,22-23H,12-21H2,1-3H3,(H,39,44). The summed E-state index contributed by atoms with van der Waals surface area (Å²) in [6.45, 7) is 10.5. The largest absolute Gasteiger partial charge is 0.444 e. The number of carbonyl (C=O) groups is 2. The highest BCUT2D eigenvalue weighted by Crippen LogP contribution is 2.45. The first-order valence-electron chi connectivity index (χ1n) is 17.0. The molecule has 0 radical (unpaired) electrons. The Morgan fingerprint density at radius 3 is 2.29 bits per heavy atom. The number of ether oxygens (including phenoxy) is 2. The number of piperazine rings is 1. The van der Waals surface area contributed by atoms with Crippen molar-refractivity contribution in [2.75, 3.05) is 62.7 Å². The molecule has 0 spiro atoms. The number of anilines is 2. The third kappa shape index (κ3) is 5.94. The van der Waals surface area contributed by atoms with E-state index < -0.39 is 11.1 Å². The van der Waals surface area contributed by atoms with E-state index >= 15 is 0 Å². The molecule has 0 unspecified atom stereocenters. The zero-order valence-corrected chi connectivity index (χ0v) is 28.9. The number of nitrogens with one attached hydrogen (secondary N) is 1. The highest BCUT2D eigenvalue weighted by Gasteiger charge is 2.55. The van der Waals surface area contributed by atoms with Crippen molar-refractivity contribution in [3.63, 3.8) is 0 Å². The Bertz CT molecular complexity index is 2150. The van der Waals surface area contributed by atoms with Gasteiger partial charge in [-0.05, 0) is 57.9 Å². The fourth-order valence-electron chi connectivity index (χ4n) is 7.10. The van der Waals surface area contributed by atoms with Crippen molar-refractivity contribution in [3.05, 3.63) is 70.9 Å². The van der Waals surface area contributed by atoms with Crippen molar-refractivity contribution in [2.45, 2.75) is 44.8 Å². The zero-order valence-electron chi connectivity index (χ0n) is 28.0. The number of amides is 2. The van der Waals surface area contributed by atoms with E-state index in [2.05, 4.69) is 39.4 Å². The molecule has 10 nitrogen and oxygen atoms in total. The van der Waals surface area contributed by atoms with Crippen LogP contribution in [0.4, 0.5) is 16.4 Å². The summed E-state index contributed by atoms with van der Waals surface area (Å²) >= 11 is 1.69. The number of thiophene rings is 1. The Kier molecular flexibility index (Phi) is 7.89. The van der Waals surface area contributed by atoms with Crippen molar-refractivity contribution >= 4 is 66.1 Å². The molecule has 1 N–H and O–H groups in total. The molecule has 3 fully saturated rings. The van der Waals surface area contributed by atoms with Crippen LogP contribution in [0.3, 0.4) is 0 Å². The zero-order chi connectivity index (χ0) is 33.9. The first kappa shape index (κ1) is 31.8. The lowest BCUT2D eigenvalue weighted by Gasteiger charge is -2.39. The third-order valence-corrected chi connectivity index (χ3v) is 11.0. The van der Waals surface area contributed by atoms with Crippen molar-refractivity contribution in [2.24, 2.45) is 0 Å². The molecule has 2 amide bonds. The van der Waals surface area contributed by atoms with Crippen LogP contribution < -0.4 is 15.6 Å². The molecule has 5 aromatic rings. The van der Waals surface area contributed by atoms with Crippen LogP contribution in [0.5, 0.6) is 0 Å². The monoisotopic (exact) mass is 680 g/mol. The molecule has 1 aliphatic carbocycles. The van der Waals surface area contributed by atoms with E-state index in [9.17, 15) is 14.4 Å². The van der Waals surface area contributed by atoms with E-state index in [1.54, 1.807) is 22.3 Å². The summed E-state index contributed by atoms with van der Waals surface area (Å²) in [5, 5.41) is 5.92. The van der Waals surface area contributed by atoms with E-state index in [0.29, 0.717) is 69.3 Å². The van der Waals surface area contributed by atoms with E-state index in [1.165, 1.54) is 0 Å². The summed E-state index contributed by atoms with van der Waals surface area (Å²) in [6.07, 6.45) is 1.29. The highest BCUT2D eigenvalue weighted by atomic mass is 32.1. The summed E-state index contributed by atoms with van der Waals surface area (Å²) in [7, 11) is 0. The Labute approximate surface area is 288 Å². The van der Waals surface area contributed by atoms with Gasteiger partial charge >= 0.3 is 6.09 Å². The van der Waals surface area contributed by atoms with Crippen LogP contribution in [0.25, 0.3) is 42.3 Å². The van der Waals surface area contributed by atoms with Gasteiger partial charge in [0.15, 0.2) is 11.3 Å². The summed E-state index contributed by atoms with van der Waals surface area (Å²) < 4.78 is 19.7. The maximum atomic E-state index is 13.8. The predicted molar refractivity (Wildman–Crippen MR) is 194 cm³/mol. The molecule has 3 aliphatic rings. The number of fused-ring (bicyclic) bond motifs is 4. The topological polar surface area (TPSA) is 105 Å². The molecule has 3 aromatic carbocycles. The fraction of sp³-hybridized carbons (Fsp3) is 0.395. The van der Waals surface area contributed by atoms with E-state index in [-0.39, 0.29) is 17.4 Å². The van der Waals surface area contributed by atoms with Crippen LogP contribution in [0, 0.1) is 0 Å². The van der Waals surface area contributed by atoms with Gasteiger partial charge < -0.3 is 29.0 Å². The first-order chi connectivity index (χ1) is 23.6. The molecule has 49 heavy (non-hydrogen) atoms. The van der Waals surface area contributed by atoms with Crippen LogP contribution in [0.2, 0.25) is 0 Å². The van der Waals surface area contributed by atoms with Crippen molar-refractivity contribution in [1.29, 1.82) is 0 Å². The molecule has 8 rings (SSSR count). The molecule has 2 saturated heterocycles. The lowest BCUT2D eigenvalue weighted by Crippen LogP contribution is -2.56. The van der Waals surface area contributed by atoms with Crippen LogP contribution in [-0.2, 0) is 14.3 Å². The molecule has 2 aromatic heterocycles. The molecular weight excluding hydrogens is 641 g/mol. The Morgan fingerprint density at radius 2 is 1.57 bits per heavy atom. The van der Waals surface area contributed by atoms with Crippen molar-refractivity contribution < 1.29 is 23.5 Å². The van der Waals surface area contributed by atoms with Crippen LogP contribution in [0.1, 0.15) is 33.6 Å². The van der Waals surface area contributed by atoms with Crippen molar-refractivity contribution in [1.82, 2.24) is 9.80 Å². The van der Waals surface area contributed by atoms with Crippen LogP contribution in [-0.4, -0.2) is 85.4 Å². The van der Waals surface area contributed by atoms with E-state index in [1.807, 2.05) is 51.1 Å². The lowest BCUT2D eigenvalue weighted by atomic mass is 10.0. The van der Waals surface area contributed by atoms with Gasteiger partial charge in [0.05, 0.1) is 18.6 Å². The Morgan fingerprint density at radius 1 is 0.857 bits per heavy atom. The van der Waals surface area contributed by atoms with Gasteiger partial charge in [-0.2, -0.15) is 0 Å². The number of carbonyl (C=O) groups excluding carboxylic acids is 2. The van der Waals surface area contributed by atoms with Crippen LogP contribution >= 0.6 is 11.3 Å². The Hall–Kier alpha value is -4.45. The van der Waals surface area contributed by atoms with Crippen molar-refractivity contribution in [3.8, 4) is 11.1 Å². The highest BCUT2D eigenvalue weighted by molar-refractivity contribution is 7.26.